The maximum atomic E-state index is 10.3. The summed E-state index contributed by atoms with van der Waals surface area (Å²) in [5.74, 6) is 6.25. The third-order valence-corrected chi connectivity index (χ3v) is 4.03. The fourth-order valence-electron chi connectivity index (χ4n) is 2.78. The molecule has 2 atom stereocenters. The van der Waals surface area contributed by atoms with Gasteiger partial charge in [0.2, 0.25) is 0 Å². The van der Waals surface area contributed by atoms with E-state index in [1.807, 2.05) is 66.7 Å². The molecule has 3 rings (SSSR count). The van der Waals surface area contributed by atoms with Crippen LogP contribution < -0.4 is 0 Å². The molecule has 1 heterocycles. The van der Waals surface area contributed by atoms with E-state index in [4.69, 9.17) is 4.84 Å². The highest BCUT2D eigenvalue weighted by Crippen LogP contribution is 2.22. The van der Waals surface area contributed by atoms with Crippen molar-refractivity contribution in [2.24, 2.45) is 0 Å². The Labute approximate surface area is 147 Å². The van der Waals surface area contributed by atoms with Crippen LogP contribution in [0.25, 0.3) is 0 Å². The Morgan fingerprint density at radius 2 is 1.72 bits per heavy atom. The summed E-state index contributed by atoms with van der Waals surface area (Å²) in [5, 5.41) is 21.5. The highest BCUT2D eigenvalue weighted by Gasteiger charge is 2.32. The number of aliphatic hydroxyl groups is 2. The first-order chi connectivity index (χ1) is 12.3. The van der Waals surface area contributed by atoms with E-state index < -0.39 is 12.1 Å². The van der Waals surface area contributed by atoms with Gasteiger partial charge in [0.25, 0.3) is 0 Å². The van der Waals surface area contributed by atoms with Gasteiger partial charge in [0.1, 0.15) is 0 Å². The third kappa shape index (κ3) is 4.56. The van der Waals surface area contributed by atoms with Gasteiger partial charge >= 0.3 is 0 Å². The van der Waals surface area contributed by atoms with Gasteiger partial charge in [-0.2, -0.15) is 5.06 Å². The molecule has 0 saturated carbocycles. The van der Waals surface area contributed by atoms with Gasteiger partial charge in [-0.15, -0.1) is 0 Å². The third-order valence-electron chi connectivity index (χ3n) is 4.03. The monoisotopic (exact) mass is 335 g/mol. The van der Waals surface area contributed by atoms with Gasteiger partial charge in [-0.3, -0.25) is 4.84 Å². The summed E-state index contributed by atoms with van der Waals surface area (Å²) in [6.07, 6.45) is 0.890. The molecule has 0 spiro atoms. The molecular weight excluding hydrogens is 314 g/mol. The zero-order valence-electron chi connectivity index (χ0n) is 13.9. The summed E-state index contributed by atoms with van der Waals surface area (Å²) in [5.41, 5.74) is 2.73. The number of rotatable bonds is 4. The van der Waals surface area contributed by atoms with Crippen molar-refractivity contribution >= 4 is 0 Å². The fraction of sp³-hybridized carbons (Fsp3) is 0.238. The lowest BCUT2D eigenvalue weighted by Gasteiger charge is -2.36. The molecule has 0 bridgehead atoms. The Morgan fingerprint density at radius 3 is 2.40 bits per heavy atom. The minimum Gasteiger partial charge on any atom is -0.394 e. The van der Waals surface area contributed by atoms with E-state index in [0.29, 0.717) is 13.2 Å². The van der Waals surface area contributed by atoms with Gasteiger partial charge in [-0.25, -0.2) is 0 Å². The van der Waals surface area contributed by atoms with E-state index in [-0.39, 0.29) is 6.61 Å². The van der Waals surface area contributed by atoms with E-state index in [1.165, 1.54) is 0 Å². The number of benzene rings is 2. The summed E-state index contributed by atoms with van der Waals surface area (Å²) in [7, 11) is 0. The maximum absolute atomic E-state index is 10.3. The van der Waals surface area contributed by atoms with Crippen LogP contribution in [0, 0.1) is 11.8 Å². The molecule has 4 heteroatoms. The first kappa shape index (κ1) is 17.4. The summed E-state index contributed by atoms with van der Waals surface area (Å²) in [6, 6.07) is 19.1. The molecule has 0 aromatic heterocycles. The van der Waals surface area contributed by atoms with Gasteiger partial charge in [0, 0.05) is 17.7 Å². The van der Waals surface area contributed by atoms with Crippen molar-refractivity contribution in [3.63, 3.8) is 0 Å². The van der Waals surface area contributed by atoms with Crippen LogP contribution in [0.2, 0.25) is 0 Å². The first-order valence-corrected chi connectivity index (χ1v) is 8.27. The number of hydroxylamine groups is 2. The van der Waals surface area contributed by atoms with Gasteiger partial charge < -0.3 is 10.2 Å². The van der Waals surface area contributed by atoms with Gasteiger partial charge in [0.15, 0.2) is 0 Å². The predicted molar refractivity (Wildman–Crippen MR) is 96.2 cm³/mol. The van der Waals surface area contributed by atoms with Gasteiger partial charge in [-0.05, 0) is 23.8 Å². The Morgan fingerprint density at radius 1 is 1.04 bits per heavy atom. The lowest BCUT2D eigenvalue weighted by molar-refractivity contribution is -0.205. The SMILES string of the molecule is OC[C@@H](O)[C@H]1C(C#Cc2ccccc2)=CCON1Cc1ccccc1. The number of nitrogens with zero attached hydrogens (tertiary/aromatic N) is 1. The smallest absolute Gasteiger partial charge is 0.0996 e. The molecule has 1 aliphatic heterocycles. The van der Waals surface area contributed by atoms with Crippen LogP contribution in [0.15, 0.2) is 72.3 Å². The molecule has 2 aromatic rings. The minimum absolute atomic E-state index is 0.357. The lowest BCUT2D eigenvalue weighted by atomic mass is 9.99. The topological polar surface area (TPSA) is 52.9 Å². The summed E-state index contributed by atoms with van der Waals surface area (Å²) in [4.78, 5) is 5.72. The van der Waals surface area contributed by atoms with Crippen molar-refractivity contribution in [1.29, 1.82) is 0 Å². The van der Waals surface area contributed by atoms with Crippen molar-refractivity contribution in [3.05, 3.63) is 83.4 Å². The second kappa shape index (κ2) is 8.61. The molecule has 0 saturated heterocycles. The van der Waals surface area contributed by atoms with Crippen molar-refractivity contribution in [1.82, 2.24) is 5.06 Å². The van der Waals surface area contributed by atoms with E-state index >= 15 is 0 Å². The molecule has 0 unspecified atom stereocenters. The molecule has 0 amide bonds. The van der Waals surface area contributed by atoms with E-state index in [9.17, 15) is 10.2 Å². The Kier molecular flexibility index (Phi) is 5.99. The number of hydrogen-bond acceptors (Lipinski definition) is 4. The second-order valence-corrected chi connectivity index (χ2v) is 5.83. The van der Waals surface area contributed by atoms with Crippen LogP contribution >= 0.6 is 0 Å². The average molecular weight is 335 g/mol. The van der Waals surface area contributed by atoms with Gasteiger partial charge in [0.05, 0.1) is 25.4 Å². The highest BCUT2D eigenvalue weighted by atomic mass is 16.7. The fourth-order valence-corrected chi connectivity index (χ4v) is 2.78. The number of hydrogen-bond donors (Lipinski definition) is 2. The quantitative estimate of drug-likeness (QED) is 0.841. The molecule has 0 aliphatic carbocycles. The Hall–Kier alpha value is -2.42. The minimum atomic E-state index is -0.972. The number of aliphatic hydroxyl groups excluding tert-OH is 2. The van der Waals surface area contributed by atoms with E-state index in [2.05, 4.69) is 11.8 Å². The van der Waals surface area contributed by atoms with Crippen LogP contribution in [0.1, 0.15) is 11.1 Å². The molecule has 1 aliphatic rings. The zero-order valence-corrected chi connectivity index (χ0v) is 13.9. The van der Waals surface area contributed by atoms with Crippen LogP contribution in [0.5, 0.6) is 0 Å². The molecule has 0 radical (unpaired) electrons. The van der Waals surface area contributed by atoms with Crippen molar-refractivity contribution in [2.75, 3.05) is 13.2 Å². The molecule has 2 aromatic carbocycles. The maximum Gasteiger partial charge on any atom is 0.0996 e. The van der Waals surface area contributed by atoms with E-state index in [0.717, 1.165) is 16.7 Å². The normalized spacial score (nSPS) is 18.8. The zero-order chi connectivity index (χ0) is 17.5. The largest absolute Gasteiger partial charge is 0.394 e. The lowest BCUT2D eigenvalue weighted by Crippen LogP contribution is -2.48. The van der Waals surface area contributed by atoms with Crippen LogP contribution in [0.3, 0.4) is 0 Å². The standard InChI is InChI=1S/C21H21NO3/c23-16-20(24)21-19(12-11-17-7-3-1-4-8-17)13-14-25-22(21)15-18-9-5-2-6-10-18/h1-10,13,20-21,23-24H,14-16H2/t20-,21-/m1/s1. The summed E-state index contributed by atoms with van der Waals surface area (Å²) in [6.45, 7) is 0.539. The molecular formula is C21H21NO3. The Balaban J connectivity index is 1.84. The van der Waals surface area contributed by atoms with Crippen molar-refractivity contribution in [2.45, 2.75) is 18.7 Å². The van der Waals surface area contributed by atoms with Crippen LogP contribution in [0.4, 0.5) is 0 Å². The molecule has 128 valence electrons. The molecule has 4 nitrogen and oxygen atoms in total. The predicted octanol–water partition coefficient (Wildman–Crippen LogP) is 2.13. The van der Waals surface area contributed by atoms with Crippen molar-refractivity contribution < 1.29 is 15.1 Å². The molecule has 0 fully saturated rings. The highest BCUT2D eigenvalue weighted by molar-refractivity contribution is 5.43. The van der Waals surface area contributed by atoms with Crippen LogP contribution in [-0.2, 0) is 11.4 Å². The van der Waals surface area contributed by atoms with E-state index in [1.54, 1.807) is 5.06 Å². The van der Waals surface area contributed by atoms with Gasteiger partial charge in [-0.1, -0.05) is 60.4 Å². The molecule has 2 N–H and O–H groups in total. The summed E-state index contributed by atoms with van der Waals surface area (Å²) >= 11 is 0. The molecule has 25 heavy (non-hydrogen) atoms. The Bertz CT molecular complexity index is 762. The van der Waals surface area contributed by atoms with Crippen LogP contribution in [-0.4, -0.2) is 40.6 Å². The second-order valence-electron chi connectivity index (χ2n) is 5.83. The van der Waals surface area contributed by atoms with Crippen molar-refractivity contribution in [3.8, 4) is 11.8 Å². The first-order valence-electron chi connectivity index (χ1n) is 8.27. The summed E-state index contributed by atoms with van der Waals surface area (Å²) < 4.78 is 0. The average Bonchev–Trinajstić information content (AvgIpc) is 2.67.